The fourth-order valence-electron chi connectivity index (χ4n) is 2.59. The van der Waals surface area contributed by atoms with E-state index in [1.807, 2.05) is 72.8 Å². The molecule has 0 unspecified atom stereocenters. The SMILES string of the molecule is Clc1ccccc1C=Nc1ccccc1-c1nc2ccccc2[nH]1. The maximum Gasteiger partial charge on any atom is 0.140 e. The summed E-state index contributed by atoms with van der Waals surface area (Å²) in [6.07, 6.45) is 1.78. The van der Waals surface area contributed by atoms with Crippen molar-refractivity contribution >= 4 is 34.5 Å². The third-order valence-corrected chi connectivity index (χ3v) is 4.14. The number of benzene rings is 3. The average molecular weight is 332 g/mol. The van der Waals surface area contributed by atoms with Gasteiger partial charge in [-0.1, -0.05) is 54.1 Å². The zero-order valence-electron chi connectivity index (χ0n) is 12.8. The molecule has 0 aliphatic rings. The molecule has 4 aromatic rings. The highest BCUT2D eigenvalue weighted by atomic mass is 35.5. The van der Waals surface area contributed by atoms with Crippen LogP contribution in [0.2, 0.25) is 5.02 Å². The first-order valence-electron chi connectivity index (χ1n) is 7.64. The number of H-pyrrole nitrogens is 1. The predicted octanol–water partition coefficient (Wildman–Crippen LogP) is 5.63. The molecule has 0 aliphatic heterocycles. The van der Waals surface area contributed by atoms with Gasteiger partial charge < -0.3 is 4.98 Å². The summed E-state index contributed by atoms with van der Waals surface area (Å²) in [6, 6.07) is 23.5. The highest BCUT2D eigenvalue weighted by molar-refractivity contribution is 6.33. The first kappa shape index (κ1) is 14.7. The number of aliphatic imine (C=N–C) groups is 1. The summed E-state index contributed by atoms with van der Waals surface area (Å²) in [5.41, 5.74) is 4.64. The van der Waals surface area contributed by atoms with E-state index >= 15 is 0 Å². The molecule has 0 radical (unpaired) electrons. The number of nitrogens with zero attached hydrogens (tertiary/aromatic N) is 2. The normalized spacial score (nSPS) is 11.4. The van der Waals surface area contributed by atoms with Gasteiger partial charge in [-0.05, 0) is 30.3 Å². The smallest absolute Gasteiger partial charge is 0.140 e. The van der Waals surface area contributed by atoms with Crippen LogP contribution in [0.5, 0.6) is 0 Å². The lowest BCUT2D eigenvalue weighted by molar-refractivity contribution is 1.33. The molecule has 0 fully saturated rings. The maximum absolute atomic E-state index is 6.19. The summed E-state index contributed by atoms with van der Waals surface area (Å²) in [6.45, 7) is 0. The van der Waals surface area contributed by atoms with Crippen molar-refractivity contribution in [3.8, 4) is 11.4 Å². The second-order valence-electron chi connectivity index (χ2n) is 5.40. The van der Waals surface area contributed by atoms with E-state index in [2.05, 4.69) is 15.0 Å². The number of aromatic amines is 1. The van der Waals surface area contributed by atoms with E-state index in [0.717, 1.165) is 33.7 Å². The van der Waals surface area contributed by atoms with E-state index < -0.39 is 0 Å². The van der Waals surface area contributed by atoms with Crippen molar-refractivity contribution < 1.29 is 0 Å². The lowest BCUT2D eigenvalue weighted by atomic mass is 10.1. The Morgan fingerprint density at radius 3 is 2.50 bits per heavy atom. The topological polar surface area (TPSA) is 41.0 Å². The van der Waals surface area contributed by atoms with Crippen molar-refractivity contribution in [2.45, 2.75) is 0 Å². The first-order valence-corrected chi connectivity index (χ1v) is 8.02. The van der Waals surface area contributed by atoms with Gasteiger partial charge in [-0.15, -0.1) is 0 Å². The summed E-state index contributed by atoms with van der Waals surface area (Å²) >= 11 is 6.19. The minimum absolute atomic E-state index is 0.683. The highest BCUT2D eigenvalue weighted by Crippen LogP contribution is 2.29. The summed E-state index contributed by atoms with van der Waals surface area (Å²) < 4.78 is 0. The molecule has 0 bridgehead atoms. The number of imidazole rings is 1. The molecule has 116 valence electrons. The van der Waals surface area contributed by atoms with Crippen LogP contribution in [0.1, 0.15) is 5.56 Å². The minimum atomic E-state index is 0.683. The van der Waals surface area contributed by atoms with Crippen LogP contribution in [0, 0.1) is 0 Å². The fraction of sp³-hybridized carbons (Fsp3) is 0. The molecule has 0 atom stereocenters. The molecule has 4 heteroatoms. The van der Waals surface area contributed by atoms with Crippen LogP contribution in [0.25, 0.3) is 22.4 Å². The van der Waals surface area contributed by atoms with Crippen LogP contribution < -0.4 is 0 Å². The Hall–Kier alpha value is -2.91. The second-order valence-corrected chi connectivity index (χ2v) is 5.81. The Morgan fingerprint density at radius 2 is 1.62 bits per heavy atom. The third-order valence-electron chi connectivity index (χ3n) is 3.80. The molecule has 0 spiro atoms. The molecule has 1 N–H and O–H groups in total. The number of hydrogen-bond acceptors (Lipinski definition) is 2. The molecule has 3 aromatic carbocycles. The maximum atomic E-state index is 6.19. The lowest BCUT2D eigenvalue weighted by Crippen LogP contribution is -1.84. The van der Waals surface area contributed by atoms with Gasteiger partial charge in [0.1, 0.15) is 5.82 Å². The van der Waals surface area contributed by atoms with Crippen molar-refractivity contribution in [3.63, 3.8) is 0 Å². The van der Waals surface area contributed by atoms with Crippen molar-refractivity contribution in [2.24, 2.45) is 4.99 Å². The highest BCUT2D eigenvalue weighted by Gasteiger charge is 2.08. The van der Waals surface area contributed by atoms with Gasteiger partial charge in [0, 0.05) is 22.4 Å². The predicted molar refractivity (Wildman–Crippen MR) is 100 cm³/mol. The Labute approximate surface area is 144 Å². The fourth-order valence-corrected chi connectivity index (χ4v) is 2.77. The molecule has 1 aromatic heterocycles. The van der Waals surface area contributed by atoms with E-state index in [0.29, 0.717) is 5.02 Å². The van der Waals surface area contributed by atoms with Crippen LogP contribution in [0.3, 0.4) is 0 Å². The van der Waals surface area contributed by atoms with E-state index in [4.69, 9.17) is 11.6 Å². The number of aromatic nitrogens is 2. The summed E-state index contributed by atoms with van der Waals surface area (Å²) in [7, 11) is 0. The first-order chi connectivity index (χ1) is 11.8. The van der Waals surface area contributed by atoms with Crippen molar-refractivity contribution in [1.82, 2.24) is 9.97 Å². The van der Waals surface area contributed by atoms with Gasteiger partial charge in [-0.25, -0.2) is 4.98 Å². The number of hydrogen-bond donors (Lipinski definition) is 1. The monoisotopic (exact) mass is 331 g/mol. The number of rotatable bonds is 3. The zero-order valence-corrected chi connectivity index (χ0v) is 13.5. The molecule has 0 aliphatic carbocycles. The molecular formula is C20H14ClN3. The van der Waals surface area contributed by atoms with Crippen LogP contribution in [-0.4, -0.2) is 16.2 Å². The van der Waals surface area contributed by atoms with Crippen molar-refractivity contribution in [1.29, 1.82) is 0 Å². The Bertz CT molecular complexity index is 1000. The second kappa shape index (κ2) is 6.30. The standard InChI is InChI=1S/C20H14ClN3/c21-16-9-3-1-7-14(16)13-22-17-10-4-2-8-15(17)20-23-18-11-5-6-12-19(18)24-20/h1-13H,(H,23,24). The van der Waals surface area contributed by atoms with E-state index in [9.17, 15) is 0 Å². The van der Waals surface area contributed by atoms with Gasteiger partial charge in [0.2, 0.25) is 0 Å². The summed E-state index contributed by atoms with van der Waals surface area (Å²) in [5, 5.41) is 0.683. The van der Waals surface area contributed by atoms with Crippen molar-refractivity contribution in [3.05, 3.63) is 83.4 Å². The van der Waals surface area contributed by atoms with E-state index in [1.54, 1.807) is 6.21 Å². The van der Waals surface area contributed by atoms with E-state index in [1.165, 1.54) is 0 Å². The molecule has 1 heterocycles. The number of para-hydroxylation sites is 3. The van der Waals surface area contributed by atoms with Crippen molar-refractivity contribution in [2.75, 3.05) is 0 Å². The number of nitrogens with one attached hydrogen (secondary N) is 1. The molecule has 3 nitrogen and oxygen atoms in total. The average Bonchev–Trinajstić information content (AvgIpc) is 3.05. The third kappa shape index (κ3) is 2.82. The minimum Gasteiger partial charge on any atom is -0.338 e. The van der Waals surface area contributed by atoms with Gasteiger partial charge >= 0.3 is 0 Å². The Kier molecular flexibility index (Phi) is 3.85. The molecule has 0 amide bonds. The van der Waals surface area contributed by atoms with Crippen LogP contribution in [0.4, 0.5) is 5.69 Å². The van der Waals surface area contributed by atoms with Gasteiger partial charge in [-0.3, -0.25) is 4.99 Å². The van der Waals surface area contributed by atoms with Crippen LogP contribution in [-0.2, 0) is 0 Å². The largest absolute Gasteiger partial charge is 0.338 e. The van der Waals surface area contributed by atoms with Crippen LogP contribution >= 0.6 is 11.6 Å². The Morgan fingerprint density at radius 1 is 0.875 bits per heavy atom. The van der Waals surface area contributed by atoms with Gasteiger partial charge in [-0.2, -0.15) is 0 Å². The molecular weight excluding hydrogens is 318 g/mol. The molecule has 0 saturated heterocycles. The summed E-state index contributed by atoms with van der Waals surface area (Å²) in [5.74, 6) is 0.808. The zero-order chi connectivity index (χ0) is 16.4. The number of halogens is 1. The van der Waals surface area contributed by atoms with E-state index in [-0.39, 0.29) is 0 Å². The number of fused-ring (bicyclic) bond motifs is 1. The molecule has 4 rings (SSSR count). The molecule has 24 heavy (non-hydrogen) atoms. The molecule has 0 saturated carbocycles. The van der Waals surface area contributed by atoms with Gasteiger partial charge in [0.15, 0.2) is 0 Å². The van der Waals surface area contributed by atoms with Gasteiger partial charge in [0.05, 0.1) is 16.7 Å². The lowest BCUT2D eigenvalue weighted by Gasteiger charge is -2.02. The summed E-state index contributed by atoms with van der Waals surface area (Å²) in [4.78, 5) is 12.6. The van der Waals surface area contributed by atoms with Gasteiger partial charge in [0.25, 0.3) is 0 Å². The van der Waals surface area contributed by atoms with Crippen LogP contribution in [0.15, 0.2) is 77.8 Å². The Balaban J connectivity index is 1.77. The quantitative estimate of drug-likeness (QED) is 0.485.